The zero-order valence-electron chi connectivity index (χ0n) is 12.5. The summed E-state index contributed by atoms with van der Waals surface area (Å²) in [6.45, 7) is 6.42. The molecular formula is C14H21N3O3S. The SMILES string of the molecule is CC(C)(C)C1CC(C(=O)Nc2nccs2)CCN1C(=O)O. The van der Waals surface area contributed by atoms with E-state index in [0.29, 0.717) is 24.5 Å². The highest BCUT2D eigenvalue weighted by molar-refractivity contribution is 7.13. The molecule has 0 aromatic carbocycles. The van der Waals surface area contributed by atoms with Crippen LogP contribution in [0.3, 0.4) is 0 Å². The van der Waals surface area contributed by atoms with Gasteiger partial charge in [-0.2, -0.15) is 0 Å². The molecule has 2 atom stereocenters. The summed E-state index contributed by atoms with van der Waals surface area (Å²) < 4.78 is 0. The van der Waals surface area contributed by atoms with Crippen LogP contribution in [0, 0.1) is 11.3 Å². The summed E-state index contributed by atoms with van der Waals surface area (Å²) in [5, 5.41) is 14.5. The van der Waals surface area contributed by atoms with Gasteiger partial charge in [0.1, 0.15) is 0 Å². The predicted octanol–water partition coefficient (Wildman–Crippen LogP) is 2.89. The van der Waals surface area contributed by atoms with E-state index in [-0.39, 0.29) is 23.3 Å². The Morgan fingerprint density at radius 3 is 2.71 bits per heavy atom. The van der Waals surface area contributed by atoms with E-state index in [0.717, 1.165) is 0 Å². The molecule has 2 N–H and O–H groups in total. The molecule has 0 aliphatic carbocycles. The minimum absolute atomic E-state index is 0.0655. The number of hydrogen-bond acceptors (Lipinski definition) is 4. The average molecular weight is 311 g/mol. The van der Waals surface area contributed by atoms with Gasteiger partial charge in [0.05, 0.1) is 0 Å². The summed E-state index contributed by atoms with van der Waals surface area (Å²) in [5.74, 6) is -0.238. The van der Waals surface area contributed by atoms with E-state index >= 15 is 0 Å². The summed E-state index contributed by atoms with van der Waals surface area (Å²) in [6.07, 6.45) is 1.84. The number of nitrogens with zero attached hydrogens (tertiary/aromatic N) is 2. The fourth-order valence-corrected chi connectivity index (χ4v) is 3.28. The normalized spacial score (nSPS) is 22.9. The molecule has 2 heterocycles. The fourth-order valence-electron chi connectivity index (χ4n) is 2.75. The van der Waals surface area contributed by atoms with Crippen LogP contribution < -0.4 is 5.32 Å². The van der Waals surface area contributed by atoms with Gasteiger partial charge in [-0.1, -0.05) is 20.8 Å². The molecule has 116 valence electrons. The van der Waals surface area contributed by atoms with Crippen LogP contribution in [0.25, 0.3) is 0 Å². The van der Waals surface area contributed by atoms with Crippen molar-refractivity contribution < 1.29 is 14.7 Å². The lowest BCUT2D eigenvalue weighted by molar-refractivity contribution is -0.122. The zero-order valence-corrected chi connectivity index (χ0v) is 13.3. The number of nitrogens with one attached hydrogen (secondary N) is 1. The van der Waals surface area contributed by atoms with Gasteiger partial charge in [-0.3, -0.25) is 4.79 Å². The standard InChI is InChI=1S/C14H21N3O3S/c1-14(2,3)10-8-9(4-6-17(10)13(19)20)11(18)16-12-15-5-7-21-12/h5,7,9-10H,4,6,8H2,1-3H3,(H,19,20)(H,15,16,18). The van der Waals surface area contributed by atoms with E-state index in [2.05, 4.69) is 10.3 Å². The van der Waals surface area contributed by atoms with Crippen LogP contribution >= 0.6 is 11.3 Å². The Labute approximate surface area is 128 Å². The number of likely N-dealkylation sites (tertiary alicyclic amines) is 1. The highest BCUT2D eigenvalue weighted by atomic mass is 32.1. The largest absolute Gasteiger partial charge is 0.465 e. The molecule has 21 heavy (non-hydrogen) atoms. The first-order valence-electron chi connectivity index (χ1n) is 6.99. The molecule has 1 fully saturated rings. The van der Waals surface area contributed by atoms with Gasteiger partial charge >= 0.3 is 6.09 Å². The average Bonchev–Trinajstić information content (AvgIpc) is 2.89. The summed E-state index contributed by atoms with van der Waals surface area (Å²) in [7, 11) is 0. The first-order chi connectivity index (χ1) is 9.79. The molecule has 1 aliphatic rings. The van der Waals surface area contributed by atoms with Gasteiger partial charge in [0.25, 0.3) is 0 Å². The summed E-state index contributed by atoms with van der Waals surface area (Å²) >= 11 is 1.38. The molecule has 6 nitrogen and oxygen atoms in total. The van der Waals surface area contributed by atoms with E-state index in [1.807, 2.05) is 20.8 Å². The zero-order chi connectivity index (χ0) is 15.6. The Bertz CT molecular complexity index is 510. The number of hydrogen-bond donors (Lipinski definition) is 2. The first-order valence-corrected chi connectivity index (χ1v) is 7.87. The van der Waals surface area contributed by atoms with Gasteiger partial charge in [0.15, 0.2) is 5.13 Å². The Hall–Kier alpha value is -1.63. The van der Waals surface area contributed by atoms with Crippen LogP contribution in [0.2, 0.25) is 0 Å². The number of carbonyl (C=O) groups excluding carboxylic acids is 1. The predicted molar refractivity (Wildman–Crippen MR) is 81.4 cm³/mol. The summed E-state index contributed by atoms with van der Waals surface area (Å²) in [4.78, 5) is 29.2. The van der Waals surface area contributed by atoms with E-state index in [1.165, 1.54) is 16.2 Å². The first kappa shape index (κ1) is 15.8. The number of piperidine rings is 1. The van der Waals surface area contributed by atoms with Crippen molar-refractivity contribution in [2.75, 3.05) is 11.9 Å². The second kappa shape index (κ2) is 6.01. The smallest absolute Gasteiger partial charge is 0.407 e. The minimum Gasteiger partial charge on any atom is -0.465 e. The van der Waals surface area contributed by atoms with E-state index < -0.39 is 6.09 Å². The lowest BCUT2D eigenvalue weighted by Crippen LogP contribution is -2.53. The molecule has 1 aliphatic heterocycles. The van der Waals surface area contributed by atoms with Crippen LogP contribution in [0.15, 0.2) is 11.6 Å². The molecular weight excluding hydrogens is 290 g/mol. The lowest BCUT2D eigenvalue weighted by atomic mass is 9.77. The van der Waals surface area contributed by atoms with Crippen LogP contribution in [-0.4, -0.2) is 39.6 Å². The molecule has 1 aromatic rings. The van der Waals surface area contributed by atoms with E-state index in [9.17, 15) is 14.7 Å². The molecule has 2 unspecified atom stereocenters. The molecule has 1 aromatic heterocycles. The monoisotopic (exact) mass is 311 g/mol. The Morgan fingerprint density at radius 1 is 1.48 bits per heavy atom. The van der Waals surface area contributed by atoms with Crippen molar-refractivity contribution in [3.63, 3.8) is 0 Å². The number of aromatic nitrogens is 1. The van der Waals surface area contributed by atoms with Crippen LogP contribution in [-0.2, 0) is 4.79 Å². The van der Waals surface area contributed by atoms with Crippen LogP contribution in [0.4, 0.5) is 9.93 Å². The number of thiazole rings is 1. The topological polar surface area (TPSA) is 82.5 Å². The van der Waals surface area contributed by atoms with Gasteiger partial charge < -0.3 is 15.3 Å². The molecule has 1 saturated heterocycles. The van der Waals surface area contributed by atoms with Gasteiger partial charge in [0.2, 0.25) is 5.91 Å². The van der Waals surface area contributed by atoms with Crippen molar-refractivity contribution in [1.82, 2.24) is 9.88 Å². The second-order valence-corrected chi connectivity index (χ2v) is 7.30. The number of carbonyl (C=O) groups is 2. The summed E-state index contributed by atoms with van der Waals surface area (Å²) in [5.41, 5.74) is -0.196. The Morgan fingerprint density at radius 2 is 2.19 bits per heavy atom. The van der Waals surface area contributed by atoms with Crippen molar-refractivity contribution in [3.05, 3.63) is 11.6 Å². The molecule has 2 amide bonds. The van der Waals surface area contributed by atoms with E-state index in [4.69, 9.17) is 0 Å². The van der Waals surface area contributed by atoms with Crippen LogP contribution in [0.5, 0.6) is 0 Å². The van der Waals surface area contributed by atoms with Crippen LogP contribution in [0.1, 0.15) is 33.6 Å². The Kier molecular flexibility index (Phi) is 4.51. The van der Waals surface area contributed by atoms with E-state index in [1.54, 1.807) is 11.6 Å². The quantitative estimate of drug-likeness (QED) is 0.880. The molecule has 0 saturated carbocycles. The maximum atomic E-state index is 12.3. The summed E-state index contributed by atoms with van der Waals surface area (Å²) in [6, 6.07) is -0.157. The number of anilines is 1. The lowest BCUT2D eigenvalue weighted by Gasteiger charge is -2.44. The highest BCUT2D eigenvalue weighted by Gasteiger charge is 2.40. The Balaban J connectivity index is 2.07. The van der Waals surface area contributed by atoms with Crippen molar-refractivity contribution in [2.24, 2.45) is 11.3 Å². The highest BCUT2D eigenvalue weighted by Crippen LogP contribution is 2.35. The number of carboxylic acid groups (broad SMARTS) is 1. The van der Waals surface area contributed by atoms with Crippen molar-refractivity contribution in [2.45, 2.75) is 39.7 Å². The fraction of sp³-hybridized carbons (Fsp3) is 0.643. The van der Waals surface area contributed by atoms with Gasteiger partial charge in [-0.05, 0) is 18.3 Å². The van der Waals surface area contributed by atoms with Crippen molar-refractivity contribution in [3.8, 4) is 0 Å². The minimum atomic E-state index is -0.909. The van der Waals surface area contributed by atoms with Crippen molar-refractivity contribution >= 4 is 28.5 Å². The molecule has 0 radical (unpaired) electrons. The molecule has 7 heteroatoms. The molecule has 0 bridgehead atoms. The van der Waals surface area contributed by atoms with Gasteiger partial charge in [-0.15, -0.1) is 11.3 Å². The third-order valence-corrected chi connectivity index (χ3v) is 4.57. The molecule has 0 spiro atoms. The maximum Gasteiger partial charge on any atom is 0.407 e. The maximum absolute atomic E-state index is 12.3. The second-order valence-electron chi connectivity index (χ2n) is 6.41. The third kappa shape index (κ3) is 3.72. The number of amides is 2. The number of rotatable bonds is 2. The van der Waals surface area contributed by atoms with Crippen molar-refractivity contribution in [1.29, 1.82) is 0 Å². The third-order valence-electron chi connectivity index (χ3n) is 3.88. The van der Waals surface area contributed by atoms with Gasteiger partial charge in [-0.25, -0.2) is 9.78 Å². The van der Waals surface area contributed by atoms with Gasteiger partial charge in [0, 0.05) is 30.1 Å². The molecule has 2 rings (SSSR count).